The van der Waals surface area contributed by atoms with Gasteiger partial charge in [0.25, 0.3) is 0 Å². The average Bonchev–Trinajstić information content (AvgIpc) is 3.28. The second-order valence-corrected chi connectivity index (χ2v) is 13.2. The minimum absolute atomic E-state index is 0.170. The Kier molecular flexibility index (Phi) is 5.42. The largest absolute Gasteiger partial charge is 0.381 e. The average molecular weight is 417 g/mol. The van der Waals surface area contributed by atoms with Gasteiger partial charge in [0.15, 0.2) is 0 Å². The van der Waals surface area contributed by atoms with Crippen LogP contribution in [0.3, 0.4) is 0 Å². The van der Waals surface area contributed by atoms with E-state index in [1.807, 2.05) is 7.11 Å². The molecule has 1 spiro atoms. The SMILES string of the molecule is CO[C@H]1CC[C@]2(C)[C@H]3CC[C@]4(C)[C@@H]([C@H](C)CCCC(C)C)CC[C@H]4[C@@H]3C[C@@H]3O[C@@]32C1. The molecule has 0 N–H and O–H groups in total. The van der Waals surface area contributed by atoms with E-state index in [1.54, 1.807) is 0 Å². The summed E-state index contributed by atoms with van der Waals surface area (Å²) >= 11 is 0. The Balaban J connectivity index is 1.32. The van der Waals surface area contributed by atoms with Crippen molar-refractivity contribution in [3.8, 4) is 0 Å². The second kappa shape index (κ2) is 7.47. The molecule has 0 bridgehead atoms. The molecule has 1 heterocycles. The Labute approximate surface area is 186 Å². The molecule has 5 aliphatic rings. The number of rotatable bonds is 6. The quantitative estimate of drug-likeness (QED) is 0.425. The summed E-state index contributed by atoms with van der Waals surface area (Å²) in [5, 5.41) is 0. The summed E-state index contributed by atoms with van der Waals surface area (Å²) in [7, 11) is 1.90. The van der Waals surface area contributed by atoms with E-state index >= 15 is 0 Å². The van der Waals surface area contributed by atoms with Crippen LogP contribution in [0.15, 0.2) is 0 Å². The lowest BCUT2D eigenvalue weighted by Gasteiger charge is -2.59. The van der Waals surface area contributed by atoms with Crippen molar-refractivity contribution >= 4 is 0 Å². The fourth-order valence-electron chi connectivity index (χ4n) is 9.87. The zero-order valence-electron chi connectivity index (χ0n) is 20.7. The summed E-state index contributed by atoms with van der Waals surface area (Å²) in [6.07, 6.45) is 16.2. The molecule has 5 rings (SSSR count). The zero-order valence-corrected chi connectivity index (χ0v) is 20.7. The number of hydrogen-bond acceptors (Lipinski definition) is 2. The molecule has 0 amide bonds. The highest BCUT2D eigenvalue weighted by Crippen LogP contribution is 2.74. The van der Waals surface area contributed by atoms with Crippen LogP contribution in [0, 0.1) is 46.3 Å². The molecule has 1 aliphatic heterocycles. The van der Waals surface area contributed by atoms with Crippen LogP contribution >= 0.6 is 0 Å². The Bertz CT molecular complexity index is 645. The van der Waals surface area contributed by atoms with E-state index in [0.717, 1.165) is 41.9 Å². The van der Waals surface area contributed by atoms with Gasteiger partial charge in [0.1, 0.15) is 5.60 Å². The molecule has 30 heavy (non-hydrogen) atoms. The van der Waals surface area contributed by atoms with Gasteiger partial charge in [0.2, 0.25) is 0 Å². The summed E-state index contributed by atoms with van der Waals surface area (Å²) in [5.74, 6) is 5.48. The Morgan fingerprint density at radius 1 is 0.967 bits per heavy atom. The van der Waals surface area contributed by atoms with E-state index in [4.69, 9.17) is 9.47 Å². The molecule has 0 radical (unpaired) electrons. The molecule has 2 heteroatoms. The molecule has 0 unspecified atom stereocenters. The van der Waals surface area contributed by atoms with Gasteiger partial charge in [0.05, 0.1) is 12.2 Å². The van der Waals surface area contributed by atoms with Gasteiger partial charge in [-0.05, 0) is 85.9 Å². The minimum atomic E-state index is 0.170. The van der Waals surface area contributed by atoms with Crippen molar-refractivity contribution in [2.75, 3.05) is 7.11 Å². The lowest BCUT2D eigenvalue weighted by molar-refractivity contribution is -0.121. The number of epoxide rings is 1. The van der Waals surface area contributed by atoms with Gasteiger partial charge in [0, 0.05) is 18.9 Å². The van der Waals surface area contributed by atoms with Crippen LogP contribution in [0.2, 0.25) is 0 Å². The van der Waals surface area contributed by atoms with Crippen LogP contribution in [0.4, 0.5) is 0 Å². The van der Waals surface area contributed by atoms with E-state index in [2.05, 4.69) is 34.6 Å². The molecule has 0 aromatic rings. The third-order valence-corrected chi connectivity index (χ3v) is 11.6. The lowest BCUT2D eigenvalue weighted by Crippen LogP contribution is -2.58. The van der Waals surface area contributed by atoms with Gasteiger partial charge in [-0.15, -0.1) is 0 Å². The van der Waals surface area contributed by atoms with Crippen molar-refractivity contribution < 1.29 is 9.47 Å². The van der Waals surface area contributed by atoms with Crippen LogP contribution < -0.4 is 0 Å². The maximum Gasteiger partial charge on any atom is 0.103 e. The van der Waals surface area contributed by atoms with Crippen LogP contribution in [-0.2, 0) is 9.47 Å². The van der Waals surface area contributed by atoms with Crippen LogP contribution in [0.5, 0.6) is 0 Å². The summed E-state index contributed by atoms with van der Waals surface area (Å²) in [5.41, 5.74) is 1.16. The van der Waals surface area contributed by atoms with Gasteiger partial charge in [-0.1, -0.05) is 53.9 Å². The van der Waals surface area contributed by atoms with Gasteiger partial charge in [-0.2, -0.15) is 0 Å². The third-order valence-electron chi connectivity index (χ3n) is 11.6. The van der Waals surface area contributed by atoms with E-state index in [1.165, 1.54) is 64.2 Å². The van der Waals surface area contributed by atoms with Crippen molar-refractivity contribution in [1.29, 1.82) is 0 Å². The van der Waals surface area contributed by atoms with Gasteiger partial charge >= 0.3 is 0 Å². The highest BCUT2D eigenvalue weighted by molar-refractivity contribution is 5.24. The molecule has 10 atom stereocenters. The summed E-state index contributed by atoms with van der Waals surface area (Å²) in [6, 6.07) is 0. The molecule has 4 aliphatic carbocycles. The van der Waals surface area contributed by atoms with E-state index in [-0.39, 0.29) is 5.60 Å². The van der Waals surface area contributed by atoms with Crippen LogP contribution in [0.1, 0.15) is 105 Å². The van der Waals surface area contributed by atoms with Gasteiger partial charge in [-0.25, -0.2) is 0 Å². The Hall–Kier alpha value is -0.0800. The molecular formula is C28H48O2. The monoisotopic (exact) mass is 416 g/mol. The molecule has 2 nitrogen and oxygen atoms in total. The Morgan fingerprint density at radius 3 is 2.50 bits per heavy atom. The maximum absolute atomic E-state index is 6.65. The zero-order chi connectivity index (χ0) is 21.3. The smallest absolute Gasteiger partial charge is 0.103 e. The molecule has 0 aromatic heterocycles. The van der Waals surface area contributed by atoms with Crippen LogP contribution in [-0.4, -0.2) is 24.9 Å². The minimum Gasteiger partial charge on any atom is -0.381 e. The first kappa shape index (κ1) is 21.7. The molecule has 172 valence electrons. The third kappa shape index (κ3) is 3.01. The van der Waals surface area contributed by atoms with Crippen LogP contribution in [0.25, 0.3) is 0 Å². The van der Waals surface area contributed by atoms with Crippen molar-refractivity contribution in [3.05, 3.63) is 0 Å². The topological polar surface area (TPSA) is 21.8 Å². The Morgan fingerprint density at radius 2 is 1.77 bits per heavy atom. The second-order valence-electron chi connectivity index (χ2n) is 13.2. The normalized spacial score (nSPS) is 52.9. The predicted molar refractivity (Wildman–Crippen MR) is 123 cm³/mol. The fourth-order valence-corrected chi connectivity index (χ4v) is 9.87. The maximum atomic E-state index is 6.65. The molecule has 4 saturated carbocycles. The number of ether oxygens (including phenoxy) is 2. The summed E-state index contributed by atoms with van der Waals surface area (Å²) in [4.78, 5) is 0. The van der Waals surface area contributed by atoms with Crippen molar-refractivity contribution in [3.63, 3.8) is 0 Å². The van der Waals surface area contributed by atoms with E-state index < -0.39 is 0 Å². The van der Waals surface area contributed by atoms with Gasteiger partial charge in [-0.3, -0.25) is 0 Å². The van der Waals surface area contributed by atoms with E-state index in [0.29, 0.717) is 23.0 Å². The number of methoxy groups -OCH3 is 1. The van der Waals surface area contributed by atoms with E-state index in [9.17, 15) is 0 Å². The molecule has 0 aromatic carbocycles. The first-order valence-electron chi connectivity index (χ1n) is 13.5. The lowest BCUT2D eigenvalue weighted by atomic mass is 9.44. The van der Waals surface area contributed by atoms with Crippen molar-refractivity contribution in [2.24, 2.45) is 46.3 Å². The highest BCUT2D eigenvalue weighted by Gasteiger charge is 2.76. The number of fused-ring (bicyclic) bond motifs is 4. The fraction of sp³-hybridized carbons (Fsp3) is 1.00. The number of hydrogen-bond donors (Lipinski definition) is 0. The van der Waals surface area contributed by atoms with Crippen molar-refractivity contribution in [1.82, 2.24) is 0 Å². The van der Waals surface area contributed by atoms with Gasteiger partial charge < -0.3 is 9.47 Å². The molecule has 1 saturated heterocycles. The summed E-state index contributed by atoms with van der Waals surface area (Å²) < 4.78 is 12.5. The first-order chi connectivity index (χ1) is 14.2. The predicted octanol–water partition coefficient (Wildman–Crippen LogP) is 7.25. The summed E-state index contributed by atoms with van der Waals surface area (Å²) in [6.45, 7) is 12.7. The molecule has 5 fully saturated rings. The first-order valence-corrected chi connectivity index (χ1v) is 13.5. The standard InChI is InChI=1S/C28H48O2/c1-18(2)8-7-9-19(3)22-10-11-23-21-16-25-28(30-25)17-20(29-6)12-15-27(28,5)24(21)13-14-26(22,23)4/h18-25H,7-17H2,1-6H3/t19-,20+,21+,22-,23+,24+,25+,26-,27-,28+/m1/s1. The highest BCUT2D eigenvalue weighted by atomic mass is 16.6. The molecular weight excluding hydrogens is 368 g/mol. The van der Waals surface area contributed by atoms with Crippen molar-refractivity contribution in [2.45, 2.75) is 123 Å².